The monoisotopic (exact) mass is 458 g/mol. The SMILES string of the molecule is CCN(CC)CCN(C(=O)c1cccc([N+](=O)[O-])c1)c1nc2cc(OC)c(OC)cc2s1. The van der Waals surface area contributed by atoms with E-state index in [4.69, 9.17) is 9.47 Å². The first-order chi connectivity index (χ1) is 15.4. The first-order valence-corrected chi connectivity index (χ1v) is 11.0. The Balaban J connectivity index is 2.03. The summed E-state index contributed by atoms with van der Waals surface area (Å²) < 4.78 is 11.6. The number of thiazole rings is 1. The number of non-ortho nitro benzene ring substituents is 1. The standard InChI is InChI=1S/C22H26N4O5S/c1-5-24(6-2)10-11-25(21(27)15-8-7-9-16(12-15)26(28)29)22-23-17-13-18(30-3)19(31-4)14-20(17)32-22/h7-9,12-14H,5-6,10-11H2,1-4H3. The summed E-state index contributed by atoms with van der Waals surface area (Å²) in [7, 11) is 3.12. The molecule has 2 aromatic carbocycles. The lowest BCUT2D eigenvalue weighted by Crippen LogP contribution is -2.38. The average molecular weight is 459 g/mol. The fourth-order valence-electron chi connectivity index (χ4n) is 3.33. The van der Waals surface area contributed by atoms with Crippen LogP contribution in [0.3, 0.4) is 0 Å². The minimum atomic E-state index is -0.507. The molecule has 1 heterocycles. The van der Waals surface area contributed by atoms with E-state index in [1.807, 2.05) is 6.07 Å². The molecule has 0 fully saturated rings. The largest absolute Gasteiger partial charge is 0.493 e. The number of nitro benzene ring substituents is 1. The van der Waals surface area contributed by atoms with Gasteiger partial charge < -0.3 is 14.4 Å². The summed E-state index contributed by atoms with van der Waals surface area (Å²) in [4.78, 5) is 32.6. The Morgan fingerprint density at radius 2 is 1.78 bits per heavy atom. The number of ether oxygens (including phenoxy) is 2. The zero-order chi connectivity index (χ0) is 23.3. The molecule has 0 aliphatic carbocycles. The number of nitro groups is 1. The highest BCUT2D eigenvalue weighted by molar-refractivity contribution is 7.22. The van der Waals surface area contributed by atoms with Crippen LogP contribution in [-0.4, -0.2) is 61.1 Å². The van der Waals surface area contributed by atoms with Crippen LogP contribution in [0.25, 0.3) is 10.2 Å². The van der Waals surface area contributed by atoms with Gasteiger partial charge in [0.2, 0.25) is 0 Å². The van der Waals surface area contributed by atoms with Crippen LogP contribution < -0.4 is 14.4 Å². The zero-order valence-electron chi connectivity index (χ0n) is 18.5. The molecule has 0 spiro atoms. The highest BCUT2D eigenvalue weighted by atomic mass is 32.1. The number of rotatable bonds is 10. The third-order valence-corrected chi connectivity index (χ3v) is 6.24. The van der Waals surface area contributed by atoms with Crippen LogP contribution in [0.1, 0.15) is 24.2 Å². The minimum absolute atomic E-state index is 0.127. The van der Waals surface area contributed by atoms with E-state index < -0.39 is 4.92 Å². The molecule has 9 nitrogen and oxygen atoms in total. The number of anilines is 1. The summed E-state index contributed by atoms with van der Waals surface area (Å²) in [6.07, 6.45) is 0. The number of carbonyl (C=O) groups excluding carboxylic acids is 1. The molecule has 170 valence electrons. The normalized spacial score (nSPS) is 11.0. The van der Waals surface area contributed by atoms with Crippen LogP contribution in [0, 0.1) is 10.1 Å². The number of nitrogens with zero attached hydrogens (tertiary/aromatic N) is 4. The number of fused-ring (bicyclic) bond motifs is 1. The number of likely N-dealkylation sites (N-methyl/N-ethyl adjacent to an activating group) is 1. The van der Waals surface area contributed by atoms with Crippen molar-refractivity contribution in [3.8, 4) is 11.5 Å². The molecule has 0 atom stereocenters. The van der Waals surface area contributed by atoms with Gasteiger partial charge in [-0.05, 0) is 19.2 Å². The smallest absolute Gasteiger partial charge is 0.270 e. The van der Waals surface area contributed by atoms with E-state index in [1.165, 1.54) is 29.5 Å². The van der Waals surface area contributed by atoms with Crippen molar-refractivity contribution in [2.75, 3.05) is 45.3 Å². The lowest BCUT2D eigenvalue weighted by atomic mass is 10.2. The number of carbonyl (C=O) groups is 1. The van der Waals surface area contributed by atoms with Crippen molar-refractivity contribution in [2.45, 2.75) is 13.8 Å². The van der Waals surface area contributed by atoms with Gasteiger partial charge in [-0.3, -0.25) is 19.8 Å². The molecule has 0 aliphatic heterocycles. The van der Waals surface area contributed by atoms with Crippen molar-refractivity contribution < 1.29 is 19.2 Å². The van der Waals surface area contributed by atoms with E-state index >= 15 is 0 Å². The fraction of sp³-hybridized carbons (Fsp3) is 0.364. The Kier molecular flexibility index (Phi) is 7.60. The molecule has 0 radical (unpaired) electrons. The first-order valence-electron chi connectivity index (χ1n) is 10.2. The predicted molar refractivity (Wildman–Crippen MR) is 125 cm³/mol. The van der Waals surface area contributed by atoms with E-state index in [9.17, 15) is 14.9 Å². The maximum absolute atomic E-state index is 13.4. The van der Waals surface area contributed by atoms with Gasteiger partial charge in [-0.2, -0.15) is 0 Å². The number of methoxy groups -OCH3 is 2. The molecule has 10 heteroatoms. The molecule has 1 aromatic heterocycles. The highest BCUT2D eigenvalue weighted by Gasteiger charge is 2.24. The third-order valence-electron chi connectivity index (χ3n) is 5.20. The molecule has 0 saturated carbocycles. The van der Waals surface area contributed by atoms with Gasteiger partial charge in [-0.15, -0.1) is 0 Å². The number of amides is 1. The van der Waals surface area contributed by atoms with Crippen molar-refractivity contribution in [3.63, 3.8) is 0 Å². The van der Waals surface area contributed by atoms with Crippen molar-refractivity contribution in [3.05, 3.63) is 52.1 Å². The predicted octanol–water partition coefficient (Wildman–Crippen LogP) is 4.21. The van der Waals surface area contributed by atoms with Crippen LogP contribution in [0.5, 0.6) is 11.5 Å². The van der Waals surface area contributed by atoms with E-state index in [2.05, 4.69) is 23.7 Å². The highest BCUT2D eigenvalue weighted by Crippen LogP contribution is 2.37. The molecular formula is C22H26N4O5S. The molecule has 0 bridgehead atoms. The fourth-order valence-corrected chi connectivity index (χ4v) is 4.33. The first kappa shape index (κ1) is 23.4. The molecule has 0 unspecified atom stereocenters. The van der Waals surface area contributed by atoms with Gasteiger partial charge in [0, 0.05) is 42.9 Å². The van der Waals surface area contributed by atoms with E-state index in [0.29, 0.717) is 35.2 Å². The average Bonchev–Trinajstić information content (AvgIpc) is 3.23. The quantitative estimate of drug-likeness (QED) is 0.331. The second kappa shape index (κ2) is 10.4. The summed E-state index contributed by atoms with van der Waals surface area (Å²) in [5.41, 5.74) is 0.800. The third kappa shape index (κ3) is 4.97. The number of hydrogen-bond donors (Lipinski definition) is 0. The number of benzene rings is 2. The lowest BCUT2D eigenvalue weighted by molar-refractivity contribution is -0.384. The summed E-state index contributed by atoms with van der Waals surface area (Å²) in [5, 5.41) is 11.7. The zero-order valence-corrected chi connectivity index (χ0v) is 19.3. The van der Waals surface area contributed by atoms with Crippen LogP contribution >= 0.6 is 11.3 Å². The van der Waals surface area contributed by atoms with Crippen LogP contribution in [0.2, 0.25) is 0 Å². The van der Waals surface area contributed by atoms with Crippen LogP contribution in [-0.2, 0) is 0 Å². The number of aromatic nitrogens is 1. The number of hydrogen-bond acceptors (Lipinski definition) is 8. The van der Waals surface area contributed by atoms with E-state index in [0.717, 1.165) is 17.8 Å². The van der Waals surface area contributed by atoms with Crippen molar-refractivity contribution >= 4 is 38.3 Å². The summed E-state index contributed by atoms with van der Waals surface area (Å²) in [6, 6.07) is 9.37. The molecule has 3 aromatic rings. The van der Waals surface area contributed by atoms with Crippen LogP contribution in [0.4, 0.5) is 10.8 Å². The van der Waals surface area contributed by atoms with Crippen molar-refractivity contribution in [2.24, 2.45) is 0 Å². The second-order valence-corrected chi connectivity index (χ2v) is 7.97. The maximum atomic E-state index is 13.4. The van der Waals surface area contributed by atoms with Gasteiger partial charge in [-0.25, -0.2) is 4.98 Å². The maximum Gasteiger partial charge on any atom is 0.270 e. The van der Waals surface area contributed by atoms with Gasteiger partial charge in [0.05, 0.1) is 29.4 Å². The Morgan fingerprint density at radius 1 is 1.09 bits per heavy atom. The van der Waals surface area contributed by atoms with E-state index in [1.54, 1.807) is 31.3 Å². The van der Waals surface area contributed by atoms with Crippen molar-refractivity contribution in [1.29, 1.82) is 0 Å². The Bertz CT molecular complexity index is 1070. The van der Waals surface area contributed by atoms with Gasteiger partial charge in [0.15, 0.2) is 16.6 Å². The summed E-state index contributed by atoms with van der Waals surface area (Å²) in [5.74, 6) is 0.797. The topological polar surface area (TPSA) is 98.0 Å². The lowest BCUT2D eigenvalue weighted by Gasteiger charge is -2.24. The van der Waals surface area contributed by atoms with Gasteiger partial charge in [0.25, 0.3) is 11.6 Å². The Labute approximate surface area is 190 Å². The molecular weight excluding hydrogens is 432 g/mol. The Morgan fingerprint density at radius 3 is 2.41 bits per heavy atom. The molecule has 0 saturated heterocycles. The van der Waals surface area contributed by atoms with Gasteiger partial charge in [-0.1, -0.05) is 31.3 Å². The summed E-state index contributed by atoms with van der Waals surface area (Å²) in [6.45, 7) is 6.87. The molecule has 3 rings (SSSR count). The molecule has 32 heavy (non-hydrogen) atoms. The summed E-state index contributed by atoms with van der Waals surface area (Å²) >= 11 is 1.36. The minimum Gasteiger partial charge on any atom is -0.493 e. The Hall–Kier alpha value is -3.24. The van der Waals surface area contributed by atoms with Crippen LogP contribution in [0.15, 0.2) is 36.4 Å². The molecule has 0 aliphatic rings. The molecule has 0 N–H and O–H groups in total. The van der Waals surface area contributed by atoms with E-state index in [-0.39, 0.29) is 17.2 Å². The van der Waals surface area contributed by atoms with Gasteiger partial charge in [0.1, 0.15) is 0 Å². The molecule has 1 amide bonds. The second-order valence-electron chi connectivity index (χ2n) is 6.96. The van der Waals surface area contributed by atoms with Gasteiger partial charge >= 0.3 is 0 Å². The van der Waals surface area contributed by atoms with Crippen molar-refractivity contribution in [1.82, 2.24) is 9.88 Å².